The van der Waals surface area contributed by atoms with Gasteiger partial charge in [-0.3, -0.25) is 14.4 Å². The second-order valence-electron chi connectivity index (χ2n) is 8.71. The van der Waals surface area contributed by atoms with E-state index in [4.69, 9.17) is 0 Å². The van der Waals surface area contributed by atoms with Gasteiger partial charge < -0.3 is 4.90 Å². The van der Waals surface area contributed by atoms with E-state index in [9.17, 15) is 14.4 Å². The Morgan fingerprint density at radius 3 is 2.54 bits per heavy atom. The van der Waals surface area contributed by atoms with Crippen LogP contribution in [0.1, 0.15) is 58.4 Å². The molecule has 1 aromatic carbocycles. The number of ketones is 1. The van der Waals surface area contributed by atoms with Crippen LogP contribution in [0.5, 0.6) is 0 Å². The number of piperidine rings is 1. The summed E-state index contributed by atoms with van der Waals surface area (Å²) in [6, 6.07) is 9.91. The third kappa shape index (κ3) is 4.35. The molecular formula is C23H31NO3S. The highest BCUT2D eigenvalue weighted by atomic mass is 32.2. The highest BCUT2D eigenvalue weighted by Crippen LogP contribution is 2.44. The van der Waals surface area contributed by atoms with Crippen LogP contribution in [-0.2, 0) is 20.8 Å². The average molecular weight is 402 g/mol. The molecule has 0 aromatic heterocycles. The molecule has 28 heavy (non-hydrogen) atoms. The number of Topliss-reactive ketones (excluding diaryl/α,β-unsaturated/α-hetero) is 1. The number of carbonyl (C=O) groups excluding carboxylic acids is 3. The van der Waals surface area contributed by atoms with E-state index in [0.29, 0.717) is 6.42 Å². The molecule has 1 aromatic rings. The molecular weight excluding hydrogens is 370 g/mol. The monoisotopic (exact) mass is 401 g/mol. The molecule has 1 aliphatic heterocycles. The molecule has 0 unspecified atom stereocenters. The average Bonchev–Trinajstić information content (AvgIpc) is 3.32. The van der Waals surface area contributed by atoms with E-state index in [1.807, 2.05) is 39.0 Å². The molecule has 0 N–H and O–H groups in total. The molecule has 152 valence electrons. The van der Waals surface area contributed by atoms with Crippen molar-refractivity contribution in [3.63, 3.8) is 0 Å². The lowest BCUT2D eigenvalue weighted by Crippen LogP contribution is -2.53. The van der Waals surface area contributed by atoms with Crippen LogP contribution in [0.15, 0.2) is 30.3 Å². The summed E-state index contributed by atoms with van der Waals surface area (Å²) < 4.78 is 0. The van der Waals surface area contributed by atoms with E-state index in [-0.39, 0.29) is 22.9 Å². The lowest BCUT2D eigenvalue weighted by atomic mass is 9.84. The van der Waals surface area contributed by atoms with E-state index in [1.54, 1.807) is 4.90 Å². The summed E-state index contributed by atoms with van der Waals surface area (Å²) in [6.45, 7) is 5.56. The number of carbonyl (C=O) groups is 3. The van der Waals surface area contributed by atoms with Gasteiger partial charge in [0.25, 0.3) is 5.91 Å². The van der Waals surface area contributed by atoms with E-state index in [2.05, 4.69) is 12.1 Å². The predicted molar refractivity (Wildman–Crippen MR) is 113 cm³/mol. The van der Waals surface area contributed by atoms with Gasteiger partial charge in [0, 0.05) is 17.2 Å². The Morgan fingerprint density at radius 2 is 1.86 bits per heavy atom. The van der Waals surface area contributed by atoms with Gasteiger partial charge in [-0.05, 0) is 50.0 Å². The van der Waals surface area contributed by atoms with E-state index in [0.717, 1.165) is 37.9 Å². The van der Waals surface area contributed by atoms with Crippen molar-refractivity contribution in [2.45, 2.75) is 71.4 Å². The Bertz CT molecular complexity index is 731. The van der Waals surface area contributed by atoms with E-state index >= 15 is 0 Å². The molecule has 1 saturated heterocycles. The first kappa shape index (κ1) is 21.1. The number of likely N-dealkylation sites (tertiary alicyclic amines) is 1. The lowest BCUT2D eigenvalue weighted by molar-refractivity contribution is -0.153. The summed E-state index contributed by atoms with van der Waals surface area (Å²) in [6.07, 6.45) is 5.26. The third-order valence-electron chi connectivity index (χ3n) is 6.45. The Kier molecular flexibility index (Phi) is 6.64. The Morgan fingerprint density at radius 1 is 1.14 bits per heavy atom. The van der Waals surface area contributed by atoms with Gasteiger partial charge in [0.2, 0.25) is 10.9 Å². The number of hydrogen-bond acceptors (Lipinski definition) is 4. The molecule has 3 atom stereocenters. The zero-order valence-electron chi connectivity index (χ0n) is 17.1. The van der Waals surface area contributed by atoms with Crippen LogP contribution in [-0.4, -0.2) is 39.5 Å². The molecule has 1 heterocycles. The summed E-state index contributed by atoms with van der Waals surface area (Å²) in [7, 11) is 0. The lowest BCUT2D eigenvalue weighted by Gasteiger charge is -2.35. The summed E-state index contributed by atoms with van der Waals surface area (Å²) in [4.78, 5) is 40.3. The maximum Gasteiger partial charge on any atom is 0.291 e. The molecule has 2 bridgehead atoms. The Labute approximate surface area is 172 Å². The molecule has 0 radical (unpaired) electrons. The smallest absolute Gasteiger partial charge is 0.291 e. The third-order valence-corrected chi connectivity index (χ3v) is 7.47. The normalized spacial score (nSPS) is 23.8. The predicted octanol–water partition coefficient (Wildman–Crippen LogP) is 4.26. The maximum absolute atomic E-state index is 13.0. The van der Waals surface area contributed by atoms with Gasteiger partial charge in [0.15, 0.2) is 0 Å². The summed E-state index contributed by atoms with van der Waals surface area (Å²) in [5.74, 6) is 0.176. The van der Waals surface area contributed by atoms with Crippen molar-refractivity contribution in [1.29, 1.82) is 0 Å². The van der Waals surface area contributed by atoms with Crippen molar-refractivity contribution in [3.05, 3.63) is 35.9 Å². The molecule has 4 nitrogen and oxygen atoms in total. The fourth-order valence-electron chi connectivity index (χ4n) is 4.33. The molecule has 1 saturated carbocycles. The minimum absolute atomic E-state index is 0.0629. The Balaban J connectivity index is 1.60. The second kappa shape index (κ2) is 8.81. The van der Waals surface area contributed by atoms with Crippen LogP contribution in [0.25, 0.3) is 0 Å². The highest BCUT2D eigenvalue weighted by Gasteiger charge is 2.53. The number of nitrogens with zero attached hydrogens (tertiary/aromatic N) is 1. The molecule has 5 heteroatoms. The van der Waals surface area contributed by atoms with Crippen LogP contribution in [0.3, 0.4) is 0 Å². The Hall–Kier alpha value is -1.62. The highest BCUT2D eigenvalue weighted by molar-refractivity contribution is 8.13. The van der Waals surface area contributed by atoms with Crippen LogP contribution >= 0.6 is 11.8 Å². The standard InChI is InChI=1S/C23H31NO3S/c1-4-23(2,3)20(25)21(26)24-18-13-12-17(15-18)19(24)22(27)28-14-8-11-16-9-6-5-7-10-16/h5-7,9-10,17-19H,4,8,11-15H2,1-3H3/t17-,18+,19-/m0/s1. The van der Waals surface area contributed by atoms with Crippen molar-refractivity contribution in [3.8, 4) is 0 Å². The zero-order chi connectivity index (χ0) is 20.3. The number of thioether (sulfide) groups is 1. The number of amides is 1. The molecule has 1 amide bonds. The summed E-state index contributed by atoms with van der Waals surface area (Å²) in [5, 5.41) is 0.0655. The first-order valence-corrected chi connectivity index (χ1v) is 11.4. The van der Waals surface area contributed by atoms with E-state index in [1.165, 1.54) is 17.3 Å². The van der Waals surface area contributed by atoms with Gasteiger partial charge in [-0.15, -0.1) is 0 Å². The van der Waals surface area contributed by atoms with Crippen LogP contribution in [0.2, 0.25) is 0 Å². The number of aryl methyl sites for hydroxylation is 1. The van der Waals surface area contributed by atoms with Gasteiger partial charge in [-0.25, -0.2) is 0 Å². The van der Waals surface area contributed by atoms with Gasteiger partial charge in [-0.1, -0.05) is 62.9 Å². The van der Waals surface area contributed by atoms with Crippen molar-refractivity contribution >= 4 is 28.6 Å². The number of fused-ring (bicyclic) bond motifs is 2. The van der Waals surface area contributed by atoms with Gasteiger partial charge in [-0.2, -0.15) is 0 Å². The second-order valence-corrected chi connectivity index (χ2v) is 9.81. The van der Waals surface area contributed by atoms with Gasteiger partial charge in [0.05, 0.1) is 0 Å². The first-order chi connectivity index (χ1) is 13.3. The fraction of sp³-hybridized carbons (Fsp3) is 0.609. The minimum Gasteiger partial charge on any atom is -0.322 e. The minimum atomic E-state index is -0.671. The maximum atomic E-state index is 13.0. The largest absolute Gasteiger partial charge is 0.322 e. The molecule has 0 spiro atoms. The van der Waals surface area contributed by atoms with Crippen molar-refractivity contribution in [1.82, 2.24) is 4.90 Å². The van der Waals surface area contributed by atoms with Crippen LogP contribution < -0.4 is 0 Å². The number of rotatable bonds is 8. The number of hydrogen-bond donors (Lipinski definition) is 0. The van der Waals surface area contributed by atoms with Crippen molar-refractivity contribution < 1.29 is 14.4 Å². The fourth-order valence-corrected chi connectivity index (χ4v) is 5.30. The quantitative estimate of drug-likeness (QED) is 0.482. The van der Waals surface area contributed by atoms with Crippen LogP contribution in [0, 0.1) is 11.3 Å². The van der Waals surface area contributed by atoms with Crippen LogP contribution in [0.4, 0.5) is 0 Å². The molecule has 3 rings (SSSR count). The zero-order valence-corrected chi connectivity index (χ0v) is 18.0. The van der Waals surface area contributed by atoms with Crippen molar-refractivity contribution in [2.75, 3.05) is 5.75 Å². The van der Waals surface area contributed by atoms with Gasteiger partial charge in [0.1, 0.15) is 6.04 Å². The SMILES string of the molecule is CCC(C)(C)C(=O)C(=O)N1[C@@H]2CC[C@@H](C2)[C@H]1C(=O)SCCCc1ccccc1. The van der Waals surface area contributed by atoms with Crippen molar-refractivity contribution in [2.24, 2.45) is 11.3 Å². The van der Waals surface area contributed by atoms with Gasteiger partial charge >= 0.3 is 0 Å². The molecule has 2 aliphatic rings. The summed E-state index contributed by atoms with van der Waals surface area (Å²) >= 11 is 1.33. The molecule has 1 aliphatic carbocycles. The first-order valence-electron chi connectivity index (χ1n) is 10.4. The number of benzene rings is 1. The summed E-state index contributed by atoms with van der Waals surface area (Å²) in [5.41, 5.74) is 0.606. The van der Waals surface area contributed by atoms with E-state index < -0.39 is 17.4 Å². The molecule has 2 fully saturated rings. The topological polar surface area (TPSA) is 54.5 Å².